The first-order chi connectivity index (χ1) is 11.4. The molecule has 24 heavy (non-hydrogen) atoms. The van der Waals surface area contributed by atoms with Crippen LogP contribution in [0.15, 0.2) is 22.2 Å². The highest BCUT2D eigenvalue weighted by Crippen LogP contribution is 2.25. The van der Waals surface area contributed by atoms with Crippen molar-refractivity contribution in [2.45, 2.75) is 43.6 Å². The Morgan fingerprint density at radius 2 is 2.25 bits per heavy atom. The average Bonchev–Trinajstić information content (AvgIpc) is 2.88. The van der Waals surface area contributed by atoms with Crippen LogP contribution in [0.4, 0.5) is 5.82 Å². The SMILES string of the molecule is CCCCn1c(SC(C)C(=O)Nc2ncc(Cl)cc2Cl)n[nH]c1=O. The van der Waals surface area contributed by atoms with Gasteiger partial charge >= 0.3 is 5.69 Å². The third kappa shape index (κ3) is 4.75. The second kappa shape index (κ2) is 8.55. The summed E-state index contributed by atoms with van der Waals surface area (Å²) in [5.74, 6) is -0.0573. The fraction of sp³-hybridized carbons (Fsp3) is 0.429. The zero-order chi connectivity index (χ0) is 17.7. The molecule has 0 spiro atoms. The van der Waals surface area contributed by atoms with Crippen molar-refractivity contribution in [1.29, 1.82) is 0 Å². The number of aromatic nitrogens is 4. The number of aromatic amines is 1. The number of amides is 1. The molecule has 2 aromatic rings. The summed E-state index contributed by atoms with van der Waals surface area (Å²) in [7, 11) is 0. The van der Waals surface area contributed by atoms with Gasteiger partial charge in [0.1, 0.15) is 0 Å². The van der Waals surface area contributed by atoms with Gasteiger partial charge in [-0.25, -0.2) is 14.9 Å². The maximum atomic E-state index is 12.3. The number of hydrogen-bond acceptors (Lipinski definition) is 5. The number of halogens is 2. The molecule has 1 unspecified atom stereocenters. The van der Waals surface area contributed by atoms with Crippen molar-refractivity contribution in [3.05, 3.63) is 32.8 Å². The standard InChI is InChI=1S/C14H17Cl2N5O2S/c1-3-4-5-21-13(23)19-20-14(21)24-8(2)12(22)18-11-10(16)6-9(15)7-17-11/h6-8H,3-5H2,1-2H3,(H,19,23)(H,17,18,22). The van der Waals surface area contributed by atoms with Gasteiger partial charge in [-0.3, -0.25) is 9.36 Å². The van der Waals surface area contributed by atoms with E-state index in [2.05, 4.69) is 20.5 Å². The summed E-state index contributed by atoms with van der Waals surface area (Å²) in [6.07, 6.45) is 3.22. The number of pyridine rings is 1. The minimum atomic E-state index is -0.492. The quantitative estimate of drug-likeness (QED) is 0.709. The molecular weight excluding hydrogens is 373 g/mol. The monoisotopic (exact) mass is 389 g/mol. The van der Waals surface area contributed by atoms with Crippen molar-refractivity contribution in [2.24, 2.45) is 0 Å². The van der Waals surface area contributed by atoms with Crippen LogP contribution in [0.25, 0.3) is 0 Å². The zero-order valence-electron chi connectivity index (χ0n) is 13.2. The van der Waals surface area contributed by atoms with E-state index in [9.17, 15) is 9.59 Å². The van der Waals surface area contributed by atoms with Crippen LogP contribution in [-0.4, -0.2) is 30.9 Å². The van der Waals surface area contributed by atoms with Crippen molar-refractivity contribution < 1.29 is 4.79 Å². The van der Waals surface area contributed by atoms with Gasteiger partial charge in [-0.2, -0.15) is 0 Å². The Hall–Kier alpha value is -1.51. The molecule has 2 heterocycles. The maximum Gasteiger partial charge on any atom is 0.343 e. The van der Waals surface area contributed by atoms with E-state index in [0.717, 1.165) is 12.8 Å². The minimum Gasteiger partial charge on any atom is -0.308 e. The number of nitrogens with one attached hydrogen (secondary N) is 2. The number of carbonyl (C=O) groups excluding carboxylic acids is 1. The van der Waals surface area contributed by atoms with Crippen LogP contribution in [-0.2, 0) is 11.3 Å². The van der Waals surface area contributed by atoms with Crippen LogP contribution >= 0.6 is 35.0 Å². The first kappa shape index (κ1) is 18.8. The Bertz CT molecular complexity index is 777. The maximum absolute atomic E-state index is 12.3. The Balaban J connectivity index is 2.05. The molecule has 2 aromatic heterocycles. The number of anilines is 1. The van der Waals surface area contributed by atoms with E-state index in [1.165, 1.54) is 28.6 Å². The van der Waals surface area contributed by atoms with Crippen molar-refractivity contribution >= 4 is 46.7 Å². The molecule has 0 aliphatic carbocycles. The highest BCUT2D eigenvalue weighted by Gasteiger charge is 2.20. The lowest BCUT2D eigenvalue weighted by Gasteiger charge is -2.12. The second-order valence-electron chi connectivity index (χ2n) is 5.05. The molecule has 0 saturated heterocycles. The van der Waals surface area contributed by atoms with Gasteiger partial charge in [-0.1, -0.05) is 48.3 Å². The molecule has 10 heteroatoms. The molecule has 0 aromatic carbocycles. The summed E-state index contributed by atoms with van der Waals surface area (Å²) in [6, 6.07) is 1.50. The molecule has 7 nitrogen and oxygen atoms in total. The third-order valence-corrected chi connectivity index (χ3v) is 4.74. The van der Waals surface area contributed by atoms with Crippen LogP contribution in [0.2, 0.25) is 10.0 Å². The van der Waals surface area contributed by atoms with Crippen LogP contribution in [0.3, 0.4) is 0 Å². The number of H-pyrrole nitrogens is 1. The summed E-state index contributed by atoms with van der Waals surface area (Å²) in [5, 5.41) is 9.66. The number of thioether (sulfide) groups is 1. The largest absolute Gasteiger partial charge is 0.343 e. The van der Waals surface area contributed by atoms with Crippen molar-refractivity contribution in [3.63, 3.8) is 0 Å². The van der Waals surface area contributed by atoms with E-state index in [1.807, 2.05) is 6.92 Å². The van der Waals surface area contributed by atoms with Crippen LogP contribution in [0, 0.1) is 0 Å². The Morgan fingerprint density at radius 1 is 1.50 bits per heavy atom. The zero-order valence-corrected chi connectivity index (χ0v) is 15.5. The summed E-state index contributed by atoms with van der Waals surface area (Å²) in [4.78, 5) is 28.0. The summed E-state index contributed by atoms with van der Waals surface area (Å²) in [6.45, 7) is 4.32. The van der Waals surface area contributed by atoms with Gasteiger partial charge in [0, 0.05) is 12.7 Å². The first-order valence-corrected chi connectivity index (χ1v) is 8.99. The second-order valence-corrected chi connectivity index (χ2v) is 7.20. The van der Waals surface area contributed by atoms with E-state index in [0.29, 0.717) is 16.7 Å². The summed E-state index contributed by atoms with van der Waals surface area (Å²) >= 11 is 13.0. The molecular formula is C14H17Cl2N5O2S. The van der Waals surface area contributed by atoms with Gasteiger partial charge in [0.15, 0.2) is 11.0 Å². The predicted octanol–water partition coefficient (Wildman–Crippen LogP) is 3.19. The number of rotatable bonds is 7. The van der Waals surface area contributed by atoms with Crippen LogP contribution in [0.5, 0.6) is 0 Å². The van der Waals surface area contributed by atoms with Gasteiger partial charge in [-0.05, 0) is 19.4 Å². The van der Waals surface area contributed by atoms with Crippen molar-refractivity contribution in [1.82, 2.24) is 19.7 Å². The highest BCUT2D eigenvalue weighted by atomic mass is 35.5. The molecule has 0 saturated carbocycles. The molecule has 0 bridgehead atoms. The molecule has 0 aliphatic rings. The van der Waals surface area contributed by atoms with E-state index >= 15 is 0 Å². The molecule has 0 fully saturated rings. The molecule has 1 amide bonds. The smallest absolute Gasteiger partial charge is 0.308 e. The first-order valence-electron chi connectivity index (χ1n) is 7.36. The lowest BCUT2D eigenvalue weighted by molar-refractivity contribution is -0.115. The minimum absolute atomic E-state index is 0.240. The molecule has 2 rings (SSSR count). The molecule has 1 atom stereocenters. The summed E-state index contributed by atoms with van der Waals surface area (Å²) < 4.78 is 1.53. The van der Waals surface area contributed by atoms with E-state index < -0.39 is 5.25 Å². The molecule has 0 radical (unpaired) electrons. The van der Waals surface area contributed by atoms with Gasteiger partial charge in [0.25, 0.3) is 0 Å². The lowest BCUT2D eigenvalue weighted by atomic mass is 10.3. The molecule has 0 aliphatic heterocycles. The number of unbranched alkanes of at least 4 members (excludes halogenated alkanes) is 1. The summed E-state index contributed by atoms with van der Waals surface area (Å²) in [5.41, 5.74) is -0.277. The fourth-order valence-electron chi connectivity index (χ4n) is 1.84. The predicted molar refractivity (Wildman–Crippen MR) is 96.0 cm³/mol. The van der Waals surface area contributed by atoms with Crippen LogP contribution < -0.4 is 11.0 Å². The Labute approximate surface area is 153 Å². The Morgan fingerprint density at radius 3 is 2.92 bits per heavy atom. The van der Waals surface area contributed by atoms with E-state index in [4.69, 9.17) is 23.2 Å². The fourth-order valence-corrected chi connectivity index (χ4v) is 3.15. The van der Waals surface area contributed by atoms with Crippen molar-refractivity contribution in [2.75, 3.05) is 5.32 Å². The van der Waals surface area contributed by atoms with E-state index in [1.54, 1.807) is 6.92 Å². The Kier molecular flexibility index (Phi) is 6.70. The molecule has 2 N–H and O–H groups in total. The van der Waals surface area contributed by atoms with Gasteiger partial charge in [0.05, 0.1) is 15.3 Å². The number of hydrogen-bond donors (Lipinski definition) is 2. The topological polar surface area (TPSA) is 92.7 Å². The lowest BCUT2D eigenvalue weighted by Crippen LogP contribution is -2.24. The van der Waals surface area contributed by atoms with Crippen LogP contribution in [0.1, 0.15) is 26.7 Å². The van der Waals surface area contributed by atoms with Gasteiger partial charge in [-0.15, -0.1) is 5.10 Å². The third-order valence-electron chi connectivity index (χ3n) is 3.16. The number of carbonyl (C=O) groups is 1. The van der Waals surface area contributed by atoms with E-state index in [-0.39, 0.29) is 22.4 Å². The van der Waals surface area contributed by atoms with Gasteiger partial charge < -0.3 is 5.32 Å². The average molecular weight is 390 g/mol. The van der Waals surface area contributed by atoms with Crippen molar-refractivity contribution in [3.8, 4) is 0 Å². The number of nitrogens with zero attached hydrogens (tertiary/aromatic N) is 3. The highest BCUT2D eigenvalue weighted by molar-refractivity contribution is 8.00. The van der Waals surface area contributed by atoms with Gasteiger partial charge in [0.2, 0.25) is 5.91 Å². The normalized spacial score (nSPS) is 12.2. The molecule has 130 valence electrons.